The summed E-state index contributed by atoms with van der Waals surface area (Å²) in [5, 5.41) is 5.97. The van der Waals surface area contributed by atoms with Gasteiger partial charge in [0.15, 0.2) is 0 Å². The van der Waals surface area contributed by atoms with Crippen molar-refractivity contribution in [3.05, 3.63) is 0 Å². The predicted molar refractivity (Wildman–Crippen MR) is 68.6 cm³/mol. The van der Waals surface area contributed by atoms with Crippen molar-refractivity contribution in [2.75, 3.05) is 20.2 Å². The van der Waals surface area contributed by atoms with Gasteiger partial charge >= 0.3 is 12.1 Å². The summed E-state index contributed by atoms with van der Waals surface area (Å²) in [4.78, 5) is 24.0. The Kier molecular flexibility index (Phi) is 3.47. The number of esters is 1. The molecule has 6 nitrogen and oxygen atoms in total. The van der Waals surface area contributed by atoms with Crippen LogP contribution in [-0.4, -0.2) is 43.4 Å². The van der Waals surface area contributed by atoms with Crippen molar-refractivity contribution >= 4 is 12.1 Å². The topological polar surface area (TPSA) is 76.7 Å². The molecule has 2 aliphatic rings. The average molecular weight is 270 g/mol. The molecular weight excluding hydrogens is 248 g/mol. The second-order valence-corrected chi connectivity index (χ2v) is 6.19. The van der Waals surface area contributed by atoms with Gasteiger partial charge < -0.3 is 20.1 Å². The standard InChI is InChI=1S/C13H22N2O4/c1-12(2,3)19-11(17)15-13(10(16)18-4)8-5-6-14-7-9(8)13/h8-9,14H,5-7H2,1-4H3,(H,15,17). The van der Waals surface area contributed by atoms with E-state index >= 15 is 0 Å². The third-order valence-electron chi connectivity index (χ3n) is 3.77. The van der Waals surface area contributed by atoms with Crippen LogP contribution in [0.4, 0.5) is 4.79 Å². The van der Waals surface area contributed by atoms with Crippen molar-refractivity contribution in [1.82, 2.24) is 10.6 Å². The summed E-state index contributed by atoms with van der Waals surface area (Å²) < 4.78 is 10.1. The Balaban J connectivity index is 2.09. The van der Waals surface area contributed by atoms with E-state index in [1.807, 2.05) is 0 Å². The first kappa shape index (κ1) is 14.1. The summed E-state index contributed by atoms with van der Waals surface area (Å²) in [5.41, 5.74) is -1.49. The maximum atomic E-state index is 12.0. The van der Waals surface area contributed by atoms with E-state index in [1.54, 1.807) is 20.8 Å². The molecule has 2 fully saturated rings. The third-order valence-corrected chi connectivity index (χ3v) is 3.77. The minimum Gasteiger partial charge on any atom is -0.467 e. The number of methoxy groups -OCH3 is 1. The minimum atomic E-state index is -0.902. The molecule has 3 atom stereocenters. The molecule has 1 amide bonds. The Morgan fingerprint density at radius 3 is 2.47 bits per heavy atom. The number of hydrogen-bond acceptors (Lipinski definition) is 5. The molecular formula is C13H22N2O4. The van der Waals surface area contributed by atoms with E-state index in [0.717, 1.165) is 19.5 Å². The van der Waals surface area contributed by atoms with Crippen molar-refractivity contribution in [3.8, 4) is 0 Å². The first-order valence-electron chi connectivity index (χ1n) is 6.61. The van der Waals surface area contributed by atoms with E-state index in [-0.39, 0.29) is 17.8 Å². The number of carbonyl (C=O) groups excluding carboxylic acids is 2. The van der Waals surface area contributed by atoms with Gasteiger partial charge in [0.1, 0.15) is 11.1 Å². The summed E-state index contributed by atoms with van der Waals surface area (Å²) in [6.07, 6.45) is 0.294. The molecule has 1 saturated heterocycles. The Labute approximate surface area is 113 Å². The lowest BCUT2D eigenvalue weighted by Gasteiger charge is -2.23. The number of fused-ring (bicyclic) bond motifs is 1. The Morgan fingerprint density at radius 1 is 1.32 bits per heavy atom. The summed E-state index contributed by atoms with van der Waals surface area (Å²) in [6.45, 7) is 6.95. The fourth-order valence-electron chi connectivity index (χ4n) is 2.97. The number of hydrogen-bond donors (Lipinski definition) is 2. The predicted octanol–water partition coefficient (Wildman–Crippen LogP) is 0.662. The monoisotopic (exact) mass is 270 g/mol. The Morgan fingerprint density at radius 2 is 2.00 bits per heavy atom. The maximum absolute atomic E-state index is 12.0. The Bertz CT molecular complexity index is 377. The van der Waals surface area contributed by atoms with Gasteiger partial charge in [-0.1, -0.05) is 0 Å². The van der Waals surface area contributed by atoms with Gasteiger partial charge in [0.2, 0.25) is 0 Å². The smallest absolute Gasteiger partial charge is 0.408 e. The van der Waals surface area contributed by atoms with Gasteiger partial charge in [-0.25, -0.2) is 9.59 Å². The van der Waals surface area contributed by atoms with Crippen molar-refractivity contribution in [3.63, 3.8) is 0 Å². The molecule has 1 saturated carbocycles. The highest BCUT2D eigenvalue weighted by Gasteiger charge is 2.71. The molecule has 1 heterocycles. The van der Waals surface area contributed by atoms with Crippen LogP contribution in [0.5, 0.6) is 0 Å². The van der Waals surface area contributed by atoms with Gasteiger partial charge in [-0.15, -0.1) is 0 Å². The van der Waals surface area contributed by atoms with Gasteiger partial charge in [0.25, 0.3) is 0 Å². The zero-order valence-corrected chi connectivity index (χ0v) is 11.9. The minimum absolute atomic E-state index is 0.0984. The number of rotatable bonds is 2. The first-order chi connectivity index (χ1) is 8.81. The maximum Gasteiger partial charge on any atom is 0.408 e. The quantitative estimate of drug-likeness (QED) is 0.721. The van der Waals surface area contributed by atoms with Crippen molar-refractivity contribution in [1.29, 1.82) is 0 Å². The molecule has 0 radical (unpaired) electrons. The number of amides is 1. The lowest BCUT2D eigenvalue weighted by molar-refractivity contribution is -0.145. The van der Waals surface area contributed by atoms with Crippen LogP contribution in [-0.2, 0) is 14.3 Å². The molecule has 6 heteroatoms. The number of ether oxygens (including phenoxy) is 2. The highest BCUT2D eigenvalue weighted by atomic mass is 16.6. The normalized spacial score (nSPS) is 33.1. The molecule has 19 heavy (non-hydrogen) atoms. The van der Waals surface area contributed by atoms with E-state index in [2.05, 4.69) is 10.6 Å². The van der Waals surface area contributed by atoms with Crippen LogP contribution in [0.25, 0.3) is 0 Å². The van der Waals surface area contributed by atoms with Crippen LogP contribution < -0.4 is 10.6 Å². The number of alkyl carbamates (subject to hydrolysis) is 1. The lowest BCUT2D eigenvalue weighted by Crippen LogP contribution is -2.49. The van der Waals surface area contributed by atoms with Crippen molar-refractivity contribution in [2.24, 2.45) is 11.8 Å². The van der Waals surface area contributed by atoms with Gasteiger partial charge in [-0.3, -0.25) is 0 Å². The molecule has 108 valence electrons. The molecule has 0 aromatic heterocycles. The molecule has 2 rings (SSSR count). The van der Waals surface area contributed by atoms with E-state index in [4.69, 9.17) is 9.47 Å². The molecule has 0 spiro atoms. The largest absolute Gasteiger partial charge is 0.467 e. The van der Waals surface area contributed by atoms with Gasteiger partial charge in [-0.05, 0) is 33.7 Å². The average Bonchev–Trinajstić information content (AvgIpc) is 2.95. The molecule has 0 bridgehead atoms. The van der Waals surface area contributed by atoms with Crippen LogP contribution >= 0.6 is 0 Å². The van der Waals surface area contributed by atoms with Crippen molar-refractivity contribution < 1.29 is 19.1 Å². The van der Waals surface area contributed by atoms with Crippen LogP contribution in [0.2, 0.25) is 0 Å². The summed E-state index contributed by atoms with van der Waals surface area (Å²) >= 11 is 0. The Hall–Kier alpha value is -1.30. The van der Waals surface area contributed by atoms with Crippen LogP contribution in [0.1, 0.15) is 27.2 Å². The van der Waals surface area contributed by atoms with Gasteiger partial charge in [0.05, 0.1) is 7.11 Å². The van der Waals surface area contributed by atoms with Crippen molar-refractivity contribution in [2.45, 2.75) is 38.3 Å². The van der Waals surface area contributed by atoms with Gasteiger partial charge in [0, 0.05) is 18.4 Å². The number of carbonyl (C=O) groups is 2. The lowest BCUT2D eigenvalue weighted by atomic mass is 10.1. The third kappa shape index (κ3) is 2.54. The molecule has 1 aliphatic carbocycles. The number of piperidine rings is 1. The molecule has 0 aromatic rings. The summed E-state index contributed by atoms with van der Waals surface area (Å²) in [7, 11) is 1.35. The van der Waals surface area contributed by atoms with Crippen LogP contribution in [0.15, 0.2) is 0 Å². The molecule has 0 aromatic carbocycles. The highest BCUT2D eigenvalue weighted by Crippen LogP contribution is 2.54. The fraction of sp³-hybridized carbons (Fsp3) is 0.846. The second-order valence-electron chi connectivity index (χ2n) is 6.19. The van der Waals surface area contributed by atoms with Crippen LogP contribution in [0.3, 0.4) is 0 Å². The van der Waals surface area contributed by atoms with E-state index in [1.165, 1.54) is 7.11 Å². The second kappa shape index (κ2) is 4.67. The molecule has 2 N–H and O–H groups in total. The van der Waals surface area contributed by atoms with E-state index in [9.17, 15) is 9.59 Å². The summed E-state index contributed by atoms with van der Waals surface area (Å²) in [6, 6.07) is 0. The van der Waals surface area contributed by atoms with Gasteiger partial charge in [-0.2, -0.15) is 0 Å². The van der Waals surface area contributed by atoms with Crippen LogP contribution in [0, 0.1) is 11.8 Å². The zero-order chi connectivity index (χ0) is 14.3. The van der Waals surface area contributed by atoms with E-state index < -0.39 is 17.2 Å². The SMILES string of the molecule is COC(=O)C1(NC(=O)OC(C)(C)C)C2CCNCC21. The first-order valence-corrected chi connectivity index (χ1v) is 6.61. The summed E-state index contributed by atoms with van der Waals surface area (Å²) in [5.74, 6) is -0.132. The molecule has 1 aliphatic heterocycles. The number of nitrogens with one attached hydrogen (secondary N) is 2. The fourth-order valence-corrected chi connectivity index (χ4v) is 2.97. The molecule has 3 unspecified atom stereocenters. The zero-order valence-electron chi connectivity index (χ0n) is 11.9. The van der Waals surface area contributed by atoms with E-state index in [0.29, 0.717) is 0 Å². The highest BCUT2D eigenvalue weighted by molar-refractivity contribution is 5.90.